The molecule has 92 valence electrons. The predicted molar refractivity (Wildman–Crippen MR) is 65.3 cm³/mol. The van der Waals surface area contributed by atoms with Crippen LogP contribution in [0.1, 0.15) is 36.8 Å². The number of benzene rings is 1. The first-order valence-electron chi connectivity index (χ1n) is 6.07. The van der Waals surface area contributed by atoms with E-state index >= 15 is 0 Å². The van der Waals surface area contributed by atoms with E-state index < -0.39 is 0 Å². The topological polar surface area (TPSA) is 35.5 Å². The molecule has 0 heterocycles. The lowest BCUT2D eigenvalue weighted by atomic mass is 9.98. The fourth-order valence-electron chi connectivity index (χ4n) is 2.53. The Kier molecular flexibility index (Phi) is 3.67. The van der Waals surface area contributed by atoms with E-state index in [-0.39, 0.29) is 5.97 Å². The maximum Gasteiger partial charge on any atom is 0.306 e. The van der Waals surface area contributed by atoms with Crippen molar-refractivity contribution in [1.29, 1.82) is 0 Å². The number of rotatable bonds is 4. The molecule has 0 saturated carbocycles. The minimum absolute atomic E-state index is 0.104. The zero-order valence-electron chi connectivity index (χ0n) is 10.4. The highest BCUT2D eigenvalue weighted by Crippen LogP contribution is 2.40. The molecule has 3 nitrogen and oxygen atoms in total. The lowest BCUT2D eigenvalue weighted by Gasteiger charge is -2.11. The summed E-state index contributed by atoms with van der Waals surface area (Å²) < 4.78 is 10.3. The first-order chi connectivity index (χ1) is 8.26. The predicted octanol–water partition coefficient (Wildman–Crippen LogP) is 2.68. The standard InChI is InChI=1S/C14H18O3/c1-3-17-14(15)9-10-7-8-12-11(10)5-4-6-13(12)16-2/h4-6,10H,3,7-9H2,1-2H3. The van der Waals surface area contributed by atoms with Gasteiger partial charge in [0, 0.05) is 0 Å². The van der Waals surface area contributed by atoms with Crippen molar-refractivity contribution in [3.8, 4) is 5.75 Å². The van der Waals surface area contributed by atoms with Crippen molar-refractivity contribution in [2.45, 2.75) is 32.1 Å². The number of esters is 1. The molecule has 0 N–H and O–H groups in total. The van der Waals surface area contributed by atoms with E-state index in [1.54, 1.807) is 7.11 Å². The number of ether oxygens (including phenoxy) is 2. The Morgan fingerprint density at radius 1 is 1.47 bits per heavy atom. The zero-order valence-corrected chi connectivity index (χ0v) is 10.4. The Morgan fingerprint density at radius 3 is 3.00 bits per heavy atom. The summed E-state index contributed by atoms with van der Waals surface area (Å²) in [5, 5.41) is 0. The van der Waals surface area contributed by atoms with Crippen LogP contribution in [0, 0.1) is 0 Å². The van der Waals surface area contributed by atoms with Crippen LogP contribution in [0.15, 0.2) is 18.2 Å². The summed E-state index contributed by atoms with van der Waals surface area (Å²) in [5.74, 6) is 1.13. The van der Waals surface area contributed by atoms with Crippen molar-refractivity contribution >= 4 is 5.97 Å². The van der Waals surface area contributed by atoms with Crippen molar-refractivity contribution in [3.05, 3.63) is 29.3 Å². The van der Waals surface area contributed by atoms with Crippen molar-refractivity contribution in [3.63, 3.8) is 0 Å². The van der Waals surface area contributed by atoms with Gasteiger partial charge >= 0.3 is 5.97 Å². The van der Waals surface area contributed by atoms with Crippen molar-refractivity contribution in [2.75, 3.05) is 13.7 Å². The van der Waals surface area contributed by atoms with E-state index in [1.165, 1.54) is 11.1 Å². The van der Waals surface area contributed by atoms with E-state index in [4.69, 9.17) is 9.47 Å². The van der Waals surface area contributed by atoms with Gasteiger partial charge in [-0.2, -0.15) is 0 Å². The molecule has 1 aromatic rings. The third-order valence-corrected chi connectivity index (χ3v) is 3.29. The van der Waals surface area contributed by atoms with Gasteiger partial charge in [0.1, 0.15) is 5.75 Å². The van der Waals surface area contributed by atoms with E-state index in [0.717, 1.165) is 18.6 Å². The van der Waals surface area contributed by atoms with Gasteiger partial charge in [0.05, 0.1) is 20.1 Å². The van der Waals surface area contributed by atoms with Crippen molar-refractivity contribution in [2.24, 2.45) is 0 Å². The lowest BCUT2D eigenvalue weighted by Crippen LogP contribution is -2.08. The smallest absolute Gasteiger partial charge is 0.306 e. The Morgan fingerprint density at radius 2 is 2.29 bits per heavy atom. The SMILES string of the molecule is CCOC(=O)CC1CCc2c(OC)cccc21. The fraction of sp³-hybridized carbons (Fsp3) is 0.500. The maximum absolute atomic E-state index is 11.5. The summed E-state index contributed by atoms with van der Waals surface area (Å²) in [6.07, 6.45) is 2.48. The summed E-state index contributed by atoms with van der Waals surface area (Å²) in [6.45, 7) is 2.29. The Bertz CT molecular complexity index is 412. The number of fused-ring (bicyclic) bond motifs is 1. The molecule has 1 aliphatic carbocycles. The average molecular weight is 234 g/mol. The number of methoxy groups -OCH3 is 1. The van der Waals surface area contributed by atoms with E-state index in [9.17, 15) is 4.79 Å². The molecule has 0 fully saturated rings. The van der Waals surface area contributed by atoms with Crippen LogP contribution in [0.25, 0.3) is 0 Å². The van der Waals surface area contributed by atoms with Gasteiger partial charge in [-0.05, 0) is 42.9 Å². The zero-order chi connectivity index (χ0) is 12.3. The molecule has 2 rings (SSSR count). The van der Waals surface area contributed by atoms with Gasteiger partial charge in [-0.25, -0.2) is 0 Å². The highest BCUT2D eigenvalue weighted by Gasteiger charge is 2.27. The molecule has 0 radical (unpaired) electrons. The summed E-state index contributed by atoms with van der Waals surface area (Å²) in [4.78, 5) is 11.5. The first kappa shape index (κ1) is 12.0. The van der Waals surface area contributed by atoms with Crippen LogP contribution in [-0.2, 0) is 16.0 Å². The third-order valence-electron chi connectivity index (χ3n) is 3.29. The highest BCUT2D eigenvalue weighted by molar-refractivity contribution is 5.71. The second-order valence-corrected chi connectivity index (χ2v) is 4.27. The molecule has 1 aromatic carbocycles. The van der Waals surface area contributed by atoms with Gasteiger partial charge in [-0.15, -0.1) is 0 Å². The van der Waals surface area contributed by atoms with Gasteiger partial charge in [-0.1, -0.05) is 12.1 Å². The van der Waals surface area contributed by atoms with E-state index in [2.05, 4.69) is 6.07 Å². The molecule has 0 aliphatic heterocycles. The van der Waals surface area contributed by atoms with Crippen molar-refractivity contribution in [1.82, 2.24) is 0 Å². The number of carbonyl (C=O) groups is 1. The molecule has 0 spiro atoms. The monoisotopic (exact) mass is 234 g/mol. The normalized spacial score (nSPS) is 17.6. The molecule has 0 aromatic heterocycles. The van der Waals surface area contributed by atoms with Crippen molar-refractivity contribution < 1.29 is 14.3 Å². The minimum atomic E-state index is -0.104. The van der Waals surface area contributed by atoms with E-state index in [1.807, 2.05) is 19.1 Å². The second kappa shape index (κ2) is 5.21. The lowest BCUT2D eigenvalue weighted by molar-refractivity contribution is -0.143. The van der Waals surface area contributed by atoms with Crippen LogP contribution in [0.3, 0.4) is 0 Å². The fourth-order valence-corrected chi connectivity index (χ4v) is 2.53. The molecule has 1 aliphatic rings. The summed E-state index contributed by atoms with van der Waals surface area (Å²) >= 11 is 0. The molecule has 0 amide bonds. The molecule has 0 bridgehead atoms. The Hall–Kier alpha value is -1.51. The quantitative estimate of drug-likeness (QED) is 0.751. The van der Waals surface area contributed by atoms with Gasteiger partial charge in [0.15, 0.2) is 0 Å². The van der Waals surface area contributed by atoms with Crippen LogP contribution in [0.4, 0.5) is 0 Å². The molecule has 3 heteroatoms. The van der Waals surface area contributed by atoms with Crippen LogP contribution < -0.4 is 4.74 Å². The molecule has 1 atom stereocenters. The molecular weight excluding hydrogens is 216 g/mol. The van der Waals surface area contributed by atoms with E-state index in [0.29, 0.717) is 18.9 Å². The molecule has 17 heavy (non-hydrogen) atoms. The van der Waals surface area contributed by atoms with Crippen LogP contribution >= 0.6 is 0 Å². The Labute approximate surface area is 102 Å². The Balaban J connectivity index is 2.14. The summed E-state index contributed by atoms with van der Waals surface area (Å²) in [6, 6.07) is 6.06. The molecular formula is C14H18O3. The van der Waals surface area contributed by atoms with Gasteiger partial charge in [0.25, 0.3) is 0 Å². The van der Waals surface area contributed by atoms with Crippen LogP contribution in [0.5, 0.6) is 5.75 Å². The van der Waals surface area contributed by atoms with Gasteiger partial charge in [0.2, 0.25) is 0 Å². The molecule has 1 unspecified atom stereocenters. The van der Waals surface area contributed by atoms with Gasteiger partial charge < -0.3 is 9.47 Å². The minimum Gasteiger partial charge on any atom is -0.496 e. The number of hydrogen-bond acceptors (Lipinski definition) is 3. The van der Waals surface area contributed by atoms with Crippen LogP contribution in [-0.4, -0.2) is 19.7 Å². The maximum atomic E-state index is 11.5. The largest absolute Gasteiger partial charge is 0.496 e. The number of carbonyl (C=O) groups excluding carboxylic acids is 1. The highest BCUT2D eigenvalue weighted by atomic mass is 16.5. The summed E-state index contributed by atoms with van der Waals surface area (Å²) in [5.41, 5.74) is 2.50. The first-order valence-corrected chi connectivity index (χ1v) is 6.07. The summed E-state index contributed by atoms with van der Waals surface area (Å²) in [7, 11) is 1.69. The van der Waals surface area contributed by atoms with Crippen LogP contribution in [0.2, 0.25) is 0 Å². The third kappa shape index (κ3) is 2.43. The number of hydrogen-bond donors (Lipinski definition) is 0. The average Bonchev–Trinajstić information content (AvgIpc) is 2.73. The second-order valence-electron chi connectivity index (χ2n) is 4.27. The molecule has 0 saturated heterocycles. The van der Waals surface area contributed by atoms with Gasteiger partial charge in [-0.3, -0.25) is 4.79 Å².